The van der Waals surface area contributed by atoms with Crippen molar-refractivity contribution < 1.29 is 9.53 Å². The molecule has 0 saturated carbocycles. The van der Waals surface area contributed by atoms with Crippen molar-refractivity contribution >= 4 is 23.4 Å². The molecule has 0 fully saturated rings. The fraction of sp³-hybridized carbons (Fsp3) is 0.348. The van der Waals surface area contributed by atoms with E-state index in [9.17, 15) is 14.4 Å². The number of H-pyrrole nitrogens is 1. The van der Waals surface area contributed by atoms with E-state index in [1.165, 1.54) is 16.6 Å². The molecular weight excluding hydrogens is 452 g/mol. The van der Waals surface area contributed by atoms with Gasteiger partial charge in [0.2, 0.25) is 11.9 Å². The van der Waals surface area contributed by atoms with Crippen molar-refractivity contribution in [2.24, 2.45) is 0 Å². The van der Waals surface area contributed by atoms with Gasteiger partial charge in [0, 0.05) is 32.9 Å². The predicted molar refractivity (Wildman–Crippen MR) is 131 cm³/mol. The molecule has 0 aliphatic carbocycles. The van der Waals surface area contributed by atoms with Gasteiger partial charge in [0.1, 0.15) is 5.82 Å². The van der Waals surface area contributed by atoms with Crippen molar-refractivity contribution in [3.63, 3.8) is 0 Å². The smallest absolute Gasteiger partial charge is 0.330 e. The number of carbonyl (C=O) groups is 1. The number of hydrogen-bond donors (Lipinski definition) is 3. The summed E-state index contributed by atoms with van der Waals surface area (Å²) in [6, 6.07) is 9.22. The molecule has 1 amide bonds. The zero-order valence-electron chi connectivity index (χ0n) is 19.4. The summed E-state index contributed by atoms with van der Waals surface area (Å²) in [7, 11) is 1.50. The summed E-state index contributed by atoms with van der Waals surface area (Å²) >= 11 is 0. The summed E-state index contributed by atoms with van der Waals surface area (Å²) in [4.78, 5) is 52.6. The molecule has 4 rings (SSSR count). The molecule has 184 valence electrons. The first-order valence-corrected chi connectivity index (χ1v) is 11.2. The zero-order valence-corrected chi connectivity index (χ0v) is 19.4. The lowest BCUT2D eigenvalue weighted by Gasteiger charge is -2.30. The van der Waals surface area contributed by atoms with Gasteiger partial charge in [-0.05, 0) is 17.5 Å². The van der Waals surface area contributed by atoms with E-state index < -0.39 is 11.2 Å². The minimum atomic E-state index is -0.731. The molecule has 0 unspecified atom stereocenters. The van der Waals surface area contributed by atoms with Crippen LogP contribution in [0.1, 0.15) is 16.8 Å². The van der Waals surface area contributed by atoms with Crippen molar-refractivity contribution in [1.82, 2.24) is 24.4 Å². The second kappa shape index (κ2) is 10.5. The van der Waals surface area contributed by atoms with Crippen LogP contribution in [-0.2, 0) is 29.0 Å². The normalized spacial score (nSPS) is 13.4. The van der Waals surface area contributed by atoms with Crippen molar-refractivity contribution in [3.8, 4) is 0 Å². The summed E-state index contributed by atoms with van der Waals surface area (Å²) < 4.78 is 6.41. The van der Waals surface area contributed by atoms with Gasteiger partial charge < -0.3 is 21.1 Å². The minimum absolute atomic E-state index is 0.0176. The number of methoxy groups -OCH3 is 1. The molecule has 5 N–H and O–H groups in total. The molecule has 35 heavy (non-hydrogen) atoms. The molecule has 0 bridgehead atoms. The highest BCUT2D eigenvalue weighted by Gasteiger charge is 2.27. The quantitative estimate of drug-likeness (QED) is 0.388. The largest absolute Gasteiger partial charge is 0.383 e. The Labute approximate surface area is 201 Å². The second-order valence-corrected chi connectivity index (χ2v) is 8.26. The van der Waals surface area contributed by atoms with Crippen LogP contribution < -0.4 is 27.6 Å². The number of carbonyl (C=O) groups excluding carboxylic acids is 1. The Hall–Kier alpha value is -4.03. The number of benzene rings is 1. The molecule has 12 nitrogen and oxygen atoms in total. The number of nitrogens with two attached hydrogens (primary N) is 2. The Morgan fingerprint density at radius 3 is 2.74 bits per heavy atom. The number of nitrogen functional groups attached to an aromatic ring is 2. The summed E-state index contributed by atoms with van der Waals surface area (Å²) in [5.74, 6) is -0.259. The number of nitrogens with one attached hydrogen (secondary N) is 1. The van der Waals surface area contributed by atoms with Gasteiger partial charge in [-0.1, -0.05) is 30.3 Å². The van der Waals surface area contributed by atoms with Crippen LogP contribution in [0.4, 0.5) is 17.5 Å². The maximum Gasteiger partial charge on any atom is 0.330 e. The van der Waals surface area contributed by atoms with Crippen molar-refractivity contribution in [2.45, 2.75) is 19.5 Å². The Morgan fingerprint density at radius 1 is 1.23 bits per heavy atom. The average Bonchev–Trinajstić information content (AvgIpc) is 2.84. The molecule has 3 heterocycles. The Bertz CT molecular complexity index is 1320. The number of rotatable bonds is 8. The number of hydrogen-bond acceptors (Lipinski definition) is 9. The summed E-state index contributed by atoms with van der Waals surface area (Å²) in [5, 5.41) is 0. The first kappa shape index (κ1) is 24.1. The fourth-order valence-corrected chi connectivity index (χ4v) is 4.09. The SMILES string of the molecule is COCCN(C(=O)CN1CCc2cnc(N)nc2C1)c1c(N)n(Cc2ccccc2)c(=O)[nH]c1=O. The molecule has 0 saturated heterocycles. The highest BCUT2D eigenvalue weighted by molar-refractivity contribution is 5.96. The maximum absolute atomic E-state index is 13.4. The molecule has 1 aromatic carbocycles. The molecule has 0 atom stereocenters. The number of aromatic amines is 1. The monoisotopic (exact) mass is 480 g/mol. The van der Waals surface area contributed by atoms with Gasteiger partial charge in [-0.25, -0.2) is 14.8 Å². The highest BCUT2D eigenvalue weighted by Crippen LogP contribution is 2.20. The van der Waals surface area contributed by atoms with Crippen LogP contribution in [0.15, 0.2) is 46.1 Å². The van der Waals surface area contributed by atoms with Crippen LogP contribution in [0.25, 0.3) is 0 Å². The van der Waals surface area contributed by atoms with Gasteiger partial charge >= 0.3 is 5.69 Å². The number of amides is 1. The molecule has 12 heteroatoms. The molecule has 0 radical (unpaired) electrons. The standard InChI is InChI=1S/C23H28N8O4/c1-35-10-9-30(18(32)14-29-8-7-16-11-26-22(25)27-17(16)13-29)19-20(24)31(23(34)28-21(19)33)12-15-5-3-2-4-6-15/h2-6,11H,7-10,12-14,24H2,1H3,(H2,25,26,27)(H,28,33,34). The van der Waals surface area contributed by atoms with Gasteiger partial charge in [-0.15, -0.1) is 0 Å². The topological polar surface area (TPSA) is 165 Å². The zero-order chi connectivity index (χ0) is 24.9. The van der Waals surface area contributed by atoms with E-state index in [1.54, 1.807) is 6.20 Å². The van der Waals surface area contributed by atoms with E-state index in [-0.39, 0.29) is 49.6 Å². The van der Waals surface area contributed by atoms with E-state index in [4.69, 9.17) is 16.2 Å². The average molecular weight is 481 g/mol. The highest BCUT2D eigenvalue weighted by atomic mass is 16.5. The van der Waals surface area contributed by atoms with Crippen molar-refractivity contribution in [2.75, 3.05) is 49.7 Å². The second-order valence-electron chi connectivity index (χ2n) is 8.26. The maximum atomic E-state index is 13.4. The molecule has 1 aliphatic rings. The molecule has 2 aromatic heterocycles. The number of nitrogens with zero attached hydrogens (tertiary/aromatic N) is 5. The van der Waals surface area contributed by atoms with Crippen LogP contribution in [0.5, 0.6) is 0 Å². The molecule has 1 aliphatic heterocycles. The van der Waals surface area contributed by atoms with Gasteiger partial charge in [0.05, 0.1) is 25.4 Å². The minimum Gasteiger partial charge on any atom is -0.383 e. The number of aromatic nitrogens is 4. The third-order valence-electron chi connectivity index (χ3n) is 5.89. The summed E-state index contributed by atoms with van der Waals surface area (Å²) in [6.07, 6.45) is 2.38. The molecule has 0 spiro atoms. The predicted octanol–water partition coefficient (Wildman–Crippen LogP) is -0.423. The van der Waals surface area contributed by atoms with Gasteiger partial charge in [0.15, 0.2) is 5.69 Å². The van der Waals surface area contributed by atoms with Gasteiger partial charge in [-0.3, -0.25) is 24.0 Å². The third kappa shape index (κ3) is 5.39. The molecule has 3 aromatic rings. The van der Waals surface area contributed by atoms with Crippen molar-refractivity contribution in [1.29, 1.82) is 0 Å². The van der Waals surface area contributed by atoms with Gasteiger partial charge in [0.25, 0.3) is 5.56 Å². The van der Waals surface area contributed by atoms with Gasteiger partial charge in [-0.2, -0.15) is 0 Å². The lowest BCUT2D eigenvalue weighted by atomic mass is 10.1. The Balaban J connectivity index is 1.62. The van der Waals surface area contributed by atoms with Crippen LogP contribution in [0.3, 0.4) is 0 Å². The lowest BCUT2D eigenvalue weighted by molar-refractivity contribution is -0.120. The number of anilines is 3. The third-order valence-corrected chi connectivity index (χ3v) is 5.89. The Kier molecular flexibility index (Phi) is 7.22. The van der Waals surface area contributed by atoms with E-state index >= 15 is 0 Å². The fourth-order valence-electron chi connectivity index (χ4n) is 4.09. The first-order valence-electron chi connectivity index (χ1n) is 11.2. The number of ether oxygens (including phenoxy) is 1. The Morgan fingerprint density at radius 2 is 2.00 bits per heavy atom. The van der Waals surface area contributed by atoms with Crippen LogP contribution in [-0.4, -0.2) is 63.7 Å². The first-order chi connectivity index (χ1) is 16.9. The van der Waals surface area contributed by atoms with E-state index in [2.05, 4.69) is 15.0 Å². The van der Waals surface area contributed by atoms with E-state index in [0.29, 0.717) is 19.5 Å². The summed E-state index contributed by atoms with van der Waals surface area (Å²) in [6.45, 7) is 1.46. The summed E-state index contributed by atoms with van der Waals surface area (Å²) in [5.41, 5.74) is 13.2. The van der Waals surface area contributed by atoms with Crippen LogP contribution in [0.2, 0.25) is 0 Å². The lowest BCUT2D eigenvalue weighted by Crippen LogP contribution is -2.47. The van der Waals surface area contributed by atoms with Crippen LogP contribution >= 0.6 is 0 Å². The van der Waals surface area contributed by atoms with E-state index in [0.717, 1.165) is 16.8 Å². The van der Waals surface area contributed by atoms with Crippen LogP contribution in [0, 0.1) is 0 Å². The number of fused-ring (bicyclic) bond motifs is 1. The van der Waals surface area contributed by atoms with E-state index in [1.807, 2.05) is 35.2 Å². The van der Waals surface area contributed by atoms with Crippen molar-refractivity contribution in [3.05, 3.63) is 74.2 Å². The molecular formula is C23H28N8O4.